The summed E-state index contributed by atoms with van der Waals surface area (Å²) in [6, 6.07) is 10.8. The molecule has 3 fully saturated rings. The number of aryl methyl sites for hydroxylation is 1. The van der Waals surface area contributed by atoms with Crippen LogP contribution in [0.25, 0.3) is 0 Å². The predicted molar refractivity (Wildman–Crippen MR) is 135 cm³/mol. The number of hydrogen-bond donors (Lipinski definition) is 2. The van der Waals surface area contributed by atoms with Gasteiger partial charge >= 0.3 is 0 Å². The van der Waals surface area contributed by atoms with E-state index in [-0.39, 0.29) is 30.1 Å². The molecule has 1 aromatic rings. The Morgan fingerprint density at radius 3 is 2.67 bits per heavy atom. The van der Waals surface area contributed by atoms with Crippen molar-refractivity contribution in [1.29, 1.82) is 0 Å². The van der Waals surface area contributed by atoms with Crippen molar-refractivity contribution in [2.24, 2.45) is 10.9 Å². The molecule has 4 unspecified atom stereocenters. The van der Waals surface area contributed by atoms with Crippen LogP contribution in [0.15, 0.2) is 29.3 Å². The third-order valence-corrected chi connectivity index (χ3v) is 6.66. The zero-order valence-electron chi connectivity index (χ0n) is 18.8. The summed E-state index contributed by atoms with van der Waals surface area (Å²) in [6.45, 7) is 10.4. The molecule has 6 heteroatoms. The SMILES string of the molecule is CCNC(=NCC1CCCOC1c1ccc(C)cc1)NC1CC(C)N(C2CC2)C1.I. The van der Waals surface area contributed by atoms with Gasteiger partial charge < -0.3 is 15.4 Å². The third kappa shape index (κ3) is 6.10. The fourth-order valence-electron chi connectivity index (χ4n) is 4.95. The minimum atomic E-state index is 0. The zero-order valence-corrected chi connectivity index (χ0v) is 21.1. The molecule has 1 aliphatic carbocycles. The molecular formula is C24H39IN4O. The highest BCUT2D eigenvalue weighted by Gasteiger charge is 2.39. The van der Waals surface area contributed by atoms with Crippen molar-refractivity contribution in [2.45, 2.75) is 77.1 Å². The van der Waals surface area contributed by atoms with Crippen LogP contribution >= 0.6 is 24.0 Å². The first-order valence-corrected chi connectivity index (χ1v) is 11.6. The molecule has 30 heavy (non-hydrogen) atoms. The van der Waals surface area contributed by atoms with Crippen LogP contribution in [0.5, 0.6) is 0 Å². The first kappa shape index (κ1) is 23.8. The first-order valence-electron chi connectivity index (χ1n) is 11.6. The molecule has 3 aliphatic rings. The zero-order chi connectivity index (χ0) is 20.2. The smallest absolute Gasteiger partial charge is 0.191 e. The number of ether oxygens (including phenoxy) is 1. The van der Waals surface area contributed by atoms with Gasteiger partial charge in [-0.1, -0.05) is 29.8 Å². The van der Waals surface area contributed by atoms with Crippen molar-refractivity contribution in [3.8, 4) is 0 Å². The van der Waals surface area contributed by atoms with E-state index in [0.717, 1.165) is 44.7 Å². The number of benzene rings is 1. The Bertz CT molecular complexity index is 691. The number of guanidine groups is 1. The van der Waals surface area contributed by atoms with Gasteiger partial charge in [0.25, 0.3) is 0 Å². The van der Waals surface area contributed by atoms with Crippen LogP contribution in [-0.4, -0.2) is 55.2 Å². The molecule has 2 heterocycles. The van der Waals surface area contributed by atoms with E-state index in [1.54, 1.807) is 0 Å². The van der Waals surface area contributed by atoms with Crippen LogP contribution in [0, 0.1) is 12.8 Å². The molecular weight excluding hydrogens is 487 g/mol. The normalized spacial score (nSPS) is 30.0. The summed E-state index contributed by atoms with van der Waals surface area (Å²) in [6.07, 6.45) is 6.44. The van der Waals surface area contributed by atoms with Crippen LogP contribution < -0.4 is 10.6 Å². The molecule has 1 aromatic carbocycles. The highest BCUT2D eigenvalue weighted by molar-refractivity contribution is 14.0. The Hall–Kier alpha value is -0.860. The van der Waals surface area contributed by atoms with Crippen molar-refractivity contribution < 1.29 is 4.74 Å². The number of nitrogens with one attached hydrogen (secondary N) is 2. The molecule has 2 saturated heterocycles. The van der Waals surface area contributed by atoms with Crippen molar-refractivity contribution in [3.05, 3.63) is 35.4 Å². The van der Waals surface area contributed by atoms with Crippen LogP contribution in [0.4, 0.5) is 0 Å². The summed E-state index contributed by atoms with van der Waals surface area (Å²) in [7, 11) is 0. The summed E-state index contributed by atoms with van der Waals surface area (Å²) in [5, 5.41) is 7.18. The van der Waals surface area contributed by atoms with Crippen molar-refractivity contribution in [2.75, 3.05) is 26.2 Å². The largest absolute Gasteiger partial charge is 0.373 e. The van der Waals surface area contributed by atoms with Gasteiger partial charge in [0.2, 0.25) is 0 Å². The molecule has 0 amide bonds. The summed E-state index contributed by atoms with van der Waals surface area (Å²) in [5.74, 6) is 1.41. The number of rotatable bonds is 6. The molecule has 0 aromatic heterocycles. The number of aliphatic imine (C=N–C) groups is 1. The molecule has 2 N–H and O–H groups in total. The lowest BCUT2D eigenvalue weighted by molar-refractivity contribution is -0.0250. The molecule has 4 rings (SSSR count). The molecule has 1 saturated carbocycles. The Balaban J connectivity index is 0.00000256. The van der Waals surface area contributed by atoms with Crippen LogP contribution in [-0.2, 0) is 4.74 Å². The quantitative estimate of drug-likeness (QED) is 0.331. The van der Waals surface area contributed by atoms with E-state index in [9.17, 15) is 0 Å². The van der Waals surface area contributed by atoms with Crippen molar-refractivity contribution in [3.63, 3.8) is 0 Å². The maximum Gasteiger partial charge on any atom is 0.191 e. The minimum Gasteiger partial charge on any atom is -0.373 e. The second-order valence-corrected chi connectivity index (χ2v) is 9.18. The van der Waals surface area contributed by atoms with Crippen LogP contribution in [0.3, 0.4) is 0 Å². The second kappa shape index (κ2) is 11.1. The van der Waals surface area contributed by atoms with E-state index in [2.05, 4.69) is 60.6 Å². The van der Waals surface area contributed by atoms with Crippen molar-refractivity contribution in [1.82, 2.24) is 15.5 Å². The van der Waals surface area contributed by atoms with Gasteiger partial charge in [-0.15, -0.1) is 24.0 Å². The lowest BCUT2D eigenvalue weighted by atomic mass is 9.89. The summed E-state index contributed by atoms with van der Waals surface area (Å²) >= 11 is 0. The number of hydrogen-bond acceptors (Lipinski definition) is 3. The van der Waals surface area contributed by atoms with Crippen molar-refractivity contribution >= 4 is 29.9 Å². The molecule has 0 spiro atoms. The molecule has 2 aliphatic heterocycles. The number of likely N-dealkylation sites (tertiary alicyclic amines) is 1. The fraction of sp³-hybridized carbons (Fsp3) is 0.708. The average molecular weight is 527 g/mol. The number of nitrogens with zero attached hydrogens (tertiary/aromatic N) is 2. The number of halogens is 1. The second-order valence-electron chi connectivity index (χ2n) is 9.18. The highest BCUT2D eigenvalue weighted by atomic mass is 127. The van der Waals surface area contributed by atoms with Gasteiger partial charge in [0.15, 0.2) is 5.96 Å². The minimum absolute atomic E-state index is 0. The van der Waals surface area contributed by atoms with Crippen LogP contribution in [0.2, 0.25) is 0 Å². The van der Waals surface area contributed by atoms with E-state index in [4.69, 9.17) is 9.73 Å². The van der Waals surface area contributed by atoms with E-state index < -0.39 is 0 Å². The first-order chi connectivity index (χ1) is 14.1. The molecule has 0 radical (unpaired) electrons. The van der Waals surface area contributed by atoms with Gasteiger partial charge in [-0.05, 0) is 58.4 Å². The van der Waals surface area contributed by atoms with E-state index >= 15 is 0 Å². The predicted octanol–water partition coefficient (Wildman–Crippen LogP) is 4.26. The van der Waals surface area contributed by atoms with E-state index in [1.807, 2.05) is 0 Å². The van der Waals surface area contributed by atoms with Gasteiger partial charge in [-0.25, -0.2) is 0 Å². The molecule has 168 valence electrons. The Labute approximate surface area is 199 Å². The van der Waals surface area contributed by atoms with Gasteiger partial charge in [-0.3, -0.25) is 9.89 Å². The summed E-state index contributed by atoms with van der Waals surface area (Å²) in [4.78, 5) is 7.68. The third-order valence-electron chi connectivity index (χ3n) is 6.66. The van der Waals surface area contributed by atoms with Gasteiger partial charge in [-0.2, -0.15) is 0 Å². The summed E-state index contributed by atoms with van der Waals surface area (Å²) < 4.78 is 6.19. The monoisotopic (exact) mass is 526 g/mol. The fourth-order valence-corrected chi connectivity index (χ4v) is 4.95. The maximum absolute atomic E-state index is 6.19. The van der Waals surface area contributed by atoms with Gasteiger partial charge in [0.05, 0.1) is 6.10 Å². The van der Waals surface area contributed by atoms with E-state index in [0.29, 0.717) is 18.0 Å². The topological polar surface area (TPSA) is 48.9 Å². The molecule has 4 atom stereocenters. The Kier molecular flexibility index (Phi) is 8.83. The Morgan fingerprint density at radius 1 is 1.20 bits per heavy atom. The van der Waals surface area contributed by atoms with Gasteiger partial charge in [0.1, 0.15) is 0 Å². The molecule has 0 bridgehead atoms. The lowest BCUT2D eigenvalue weighted by Crippen LogP contribution is -2.45. The summed E-state index contributed by atoms with van der Waals surface area (Å²) in [5.41, 5.74) is 2.59. The van der Waals surface area contributed by atoms with E-state index in [1.165, 1.54) is 36.8 Å². The van der Waals surface area contributed by atoms with Crippen LogP contribution in [0.1, 0.15) is 63.2 Å². The van der Waals surface area contributed by atoms with Gasteiger partial charge in [0, 0.05) is 50.3 Å². The Morgan fingerprint density at radius 2 is 1.97 bits per heavy atom. The maximum atomic E-state index is 6.19. The highest BCUT2D eigenvalue weighted by Crippen LogP contribution is 2.34. The molecule has 5 nitrogen and oxygen atoms in total. The lowest BCUT2D eigenvalue weighted by Gasteiger charge is -2.31. The average Bonchev–Trinajstić information content (AvgIpc) is 3.50. The standard InChI is InChI=1S/C24H38N4O.HI/c1-4-25-24(27-21-14-18(3)28(16-21)22-11-12-22)26-15-20-6-5-13-29-23(20)19-9-7-17(2)8-10-19;/h7-10,18,20-23H,4-6,11-16H2,1-3H3,(H2,25,26,27);1H.